The van der Waals surface area contributed by atoms with E-state index in [0.717, 1.165) is 38.9 Å². The average Bonchev–Trinajstić information content (AvgIpc) is 2.96. The summed E-state index contributed by atoms with van der Waals surface area (Å²) in [5, 5.41) is 1.08. The molecule has 114 valence electrons. The normalized spacial score (nSPS) is 11.3. The predicted molar refractivity (Wildman–Crippen MR) is 93.6 cm³/mol. The molecule has 0 saturated carbocycles. The molecule has 0 aliphatic carbocycles. The molecule has 0 saturated heterocycles. The van der Waals surface area contributed by atoms with Gasteiger partial charge in [0.15, 0.2) is 0 Å². The first kappa shape index (κ1) is 13.7. The number of hydrogen-bond acceptors (Lipinski definition) is 4. The van der Waals surface area contributed by atoms with Gasteiger partial charge in [0.1, 0.15) is 0 Å². The molecule has 0 N–H and O–H groups in total. The molecule has 0 unspecified atom stereocenters. The zero-order valence-electron chi connectivity index (χ0n) is 13.4. The second-order valence-electron chi connectivity index (χ2n) is 5.85. The van der Waals surface area contributed by atoms with Crippen molar-refractivity contribution in [2.24, 2.45) is 7.05 Å². The Labute approximate surface area is 134 Å². The molecule has 4 aromatic rings. The number of imidazole rings is 1. The van der Waals surface area contributed by atoms with E-state index in [-0.39, 0.29) is 0 Å². The molecule has 0 spiro atoms. The monoisotopic (exact) mass is 303 g/mol. The minimum absolute atomic E-state index is 0.921. The van der Waals surface area contributed by atoms with Crippen molar-refractivity contribution in [2.75, 3.05) is 19.0 Å². The van der Waals surface area contributed by atoms with E-state index in [1.54, 1.807) is 6.20 Å². The van der Waals surface area contributed by atoms with Gasteiger partial charge in [-0.3, -0.25) is 4.98 Å². The predicted octanol–water partition coefficient (Wildman–Crippen LogP) is 3.25. The maximum absolute atomic E-state index is 4.83. The number of hydrogen-bond donors (Lipinski definition) is 0. The van der Waals surface area contributed by atoms with Gasteiger partial charge in [-0.15, -0.1) is 0 Å². The molecule has 3 heterocycles. The smallest absolute Gasteiger partial charge is 0.0999 e. The molecule has 0 radical (unpaired) electrons. The Kier molecular flexibility index (Phi) is 3.01. The number of aryl methyl sites for hydroxylation is 1. The van der Waals surface area contributed by atoms with Crippen LogP contribution in [0.25, 0.3) is 33.2 Å². The van der Waals surface area contributed by atoms with Gasteiger partial charge in [-0.05, 0) is 30.3 Å². The lowest BCUT2D eigenvalue weighted by Crippen LogP contribution is -2.10. The van der Waals surface area contributed by atoms with E-state index >= 15 is 0 Å². The summed E-state index contributed by atoms with van der Waals surface area (Å²) in [6, 6.07) is 10.2. The number of fused-ring (bicyclic) bond motifs is 3. The fourth-order valence-corrected chi connectivity index (χ4v) is 2.92. The highest BCUT2D eigenvalue weighted by atomic mass is 15.1. The Bertz CT molecular complexity index is 1000. The molecule has 23 heavy (non-hydrogen) atoms. The van der Waals surface area contributed by atoms with E-state index in [1.807, 2.05) is 50.4 Å². The molecule has 0 bridgehead atoms. The van der Waals surface area contributed by atoms with Crippen LogP contribution in [0.15, 0.2) is 49.1 Å². The molecular formula is C18H17N5. The van der Waals surface area contributed by atoms with Crippen molar-refractivity contribution in [3.05, 3.63) is 49.1 Å². The summed E-state index contributed by atoms with van der Waals surface area (Å²) >= 11 is 0. The molecule has 0 aliphatic rings. The Hall–Kier alpha value is -2.95. The van der Waals surface area contributed by atoms with Crippen molar-refractivity contribution in [3.8, 4) is 11.3 Å². The molecule has 1 aromatic carbocycles. The first-order chi connectivity index (χ1) is 11.1. The van der Waals surface area contributed by atoms with Crippen LogP contribution in [0.4, 0.5) is 5.69 Å². The molecule has 4 rings (SSSR count). The largest absolute Gasteiger partial charge is 0.377 e. The molecule has 0 aliphatic heterocycles. The third-order valence-corrected chi connectivity index (χ3v) is 4.08. The summed E-state index contributed by atoms with van der Waals surface area (Å²) in [5.74, 6) is 0. The van der Waals surface area contributed by atoms with Crippen LogP contribution in [-0.4, -0.2) is 33.6 Å². The Morgan fingerprint density at radius 1 is 1.13 bits per heavy atom. The van der Waals surface area contributed by atoms with Crippen LogP contribution in [-0.2, 0) is 7.05 Å². The second-order valence-corrected chi connectivity index (χ2v) is 5.85. The Morgan fingerprint density at radius 2 is 2.00 bits per heavy atom. The van der Waals surface area contributed by atoms with E-state index in [2.05, 4.69) is 33.1 Å². The number of aromatic nitrogens is 4. The van der Waals surface area contributed by atoms with E-state index in [0.29, 0.717) is 0 Å². The highest BCUT2D eigenvalue weighted by Gasteiger charge is 2.14. The van der Waals surface area contributed by atoms with Gasteiger partial charge in [0.2, 0.25) is 0 Å². The van der Waals surface area contributed by atoms with E-state index in [1.165, 1.54) is 0 Å². The van der Waals surface area contributed by atoms with Crippen molar-refractivity contribution < 1.29 is 0 Å². The highest BCUT2D eigenvalue weighted by molar-refractivity contribution is 6.10. The standard InChI is InChI=1S/C18H17N5/c1-22(2)16-9-14(12-5-4-8-19-10-12)21-13-6-7-15-18(17(13)16)20-11-23(15)3/h4-11H,1-3H3. The summed E-state index contributed by atoms with van der Waals surface area (Å²) in [6.45, 7) is 0. The Balaban J connectivity index is 2.10. The van der Waals surface area contributed by atoms with Crippen LogP contribution in [0.2, 0.25) is 0 Å². The molecule has 5 heteroatoms. The summed E-state index contributed by atoms with van der Waals surface area (Å²) in [6.07, 6.45) is 5.46. The number of anilines is 1. The summed E-state index contributed by atoms with van der Waals surface area (Å²) in [7, 11) is 6.10. The molecular weight excluding hydrogens is 286 g/mol. The maximum Gasteiger partial charge on any atom is 0.0999 e. The van der Waals surface area contributed by atoms with E-state index < -0.39 is 0 Å². The van der Waals surface area contributed by atoms with E-state index in [4.69, 9.17) is 4.98 Å². The molecule has 0 atom stereocenters. The van der Waals surface area contributed by atoms with Gasteiger partial charge < -0.3 is 9.47 Å². The van der Waals surface area contributed by atoms with Gasteiger partial charge in [0, 0.05) is 39.1 Å². The quantitative estimate of drug-likeness (QED) is 0.570. The van der Waals surface area contributed by atoms with Crippen LogP contribution in [0, 0.1) is 0 Å². The van der Waals surface area contributed by atoms with Gasteiger partial charge in [-0.25, -0.2) is 9.97 Å². The lowest BCUT2D eigenvalue weighted by Gasteiger charge is -2.17. The van der Waals surface area contributed by atoms with Crippen LogP contribution >= 0.6 is 0 Å². The van der Waals surface area contributed by atoms with Crippen molar-refractivity contribution >= 4 is 27.6 Å². The van der Waals surface area contributed by atoms with Gasteiger partial charge in [-0.2, -0.15) is 0 Å². The van der Waals surface area contributed by atoms with Gasteiger partial charge in [0.25, 0.3) is 0 Å². The van der Waals surface area contributed by atoms with Crippen LogP contribution in [0.1, 0.15) is 0 Å². The van der Waals surface area contributed by atoms with Crippen molar-refractivity contribution in [1.29, 1.82) is 0 Å². The second kappa shape index (κ2) is 5.05. The maximum atomic E-state index is 4.83. The number of rotatable bonds is 2. The summed E-state index contributed by atoms with van der Waals surface area (Å²) in [4.78, 5) is 15.7. The summed E-state index contributed by atoms with van der Waals surface area (Å²) in [5.41, 5.74) is 6.08. The lowest BCUT2D eigenvalue weighted by atomic mass is 10.1. The molecule has 3 aromatic heterocycles. The zero-order chi connectivity index (χ0) is 16.0. The van der Waals surface area contributed by atoms with Crippen LogP contribution < -0.4 is 4.90 Å². The number of nitrogens with zero attached hydrogens (tertiary/aromatic N) is 5. The zero-order valence-corrected chi connectivity index (χ0v) is 13.4. The third kappa shape index (κ3) is 2.12. The molecule has 5 nitrogen and oxygen atoms in total. The van der Waals surface area contributed by atoms with Crippen molar-refractivity contribution in [3.63, 3.8) is 0 Å². The van der Waals surface area contributed by atoms with Crippen molar-refractivity contribution in [1.82, 2.24) is 19.5 Å². The average molecular weight is 303 g/mol. The number of pyridine rings is 2. The highest BCUT2D eigenvalue weighted by Crippen LogP contribution is 2.34. The van der Waals surface area contributed by atoms with Crippen LogP contribution in [0.3, 0.4) is 0 Å². The van der Waals surface area contributed by atoms with Gasteiger partial charge in [-0.1, -0.05) is 0 Å². The van der Waals surface area contributed by atoms with E-state index in [9.17, 15) is 0 Å². The summed E-state index contributed by atoms with van der Waals surface area (Å²) < 4.78 is 2.03. The van der Waals surface area contributed by atoms with Crippen molar-refractivity contribution in [2.45, 2.75) is 0 Å². The van der Waals surface area contributed by atoms with Crippen LogP contribution in [0.5, 0.6) is 0 Å². The fourth-order valence-electron chi connectivity index (χ4n) is 2.92. The lowest BCUT2D eigenvalue weighted by molar-refractivity contribution is 0.948. The fraction of sp³-hybridized carbons (Fsp3) is 0.167. The first-order valence-electron chi connectivity index (χ1n) is 7.47. The molecule has 0 fully saturated rings. The number of benzene rings is 1. The Morgan fingerprint density at radius 3 is 2.74 bits per heavy atom. The topological polar surface area (TPSA) is 46.8 Å². The first-order valence-corrected chi connectivity index (χ1v) is 7.47. The minimum atomic E-state index is 0.921. The third-order valence-electron chi connectivity index (χ3n) is 4.08. The minimum Gasteiger partial charge on any atom is -0.377 e. The van der Waals surface area contributed by atoms with Gasteiger partial charge >= 0.3 is 0 Å². The molecule has 0 amide bonds. The van der Waals surface area contributed by atoms with Gasteiger partial charge in [0.05, 0.1) is 39.6 Å². The SMILES string of the molecule is CN(C)c1cc(-c2cccnc2)nc2ccc3c(ncn3C)c12.